The molecule has 0 saturated carbocycles. The molecule has 0 fully saturated rings. The van der Waals surface area contributed by atoms with Crippen molar-refractivity contribution in [3.05, 3.63) is 40.3 Å². The molecule has 2 rings (SSSR count). The van der Waals surface area contributed by atoms with Crippen LogP contribution in [0.5, 0.6) is 0 Å². The van der Waals surface area contributed by atoms with Gasteiger partial charge in [-0.05, 0) is 34.0 Å². The van der Waals surface area contributed by atoms with Crippen LogP contribution in [0.25, 0.3) is 0 Å². The SMILES string of the molecule is Cn1cc(CCNc2ncc(Br)cc2C(=O)O)cn1. The van der Waals surface area contributed by atoms with E-state index < -0.39 is 5.97 Å². The zero-order chi connectivity index (χ0) is 13.8. The minimum absolute atomic E-state index is 0.153. The highest BCUT2D eigenvalue weighted by atomic mass is 79.9. The molecule has 2 aromatic rings. The van der Waals surface area contributed by atoms with Crippen LogP contribution in [0.3, 0.4) is 0 Å². The number of carboxylic acids is 1. The fourth-order valence-corrected chi connectivity index (χ4v) is 2.00. The number of nitrogens with zero attached hydrogens (tertiary/aromatic N) is 3. The van der Waals surface area contributed by atoms with Gasteiger partial charge in [0.2, 0.25) is 0 Å². The predicted molar refractivity (Wildman–Crippen MR) is 74.3 cm³/mol. The third kappa shape index (κ3) is 3.54. The molecular formula is C12H13BrN4O2. The molecule has 0 spiro atoms. The van der Waals surface area contributed by atoms with Crippen LogP contribution in [0, 0.1) is 0 Å². The first kappa shape index (κ1) is 13.5. The second-order valence-electron chi connectivity index (χ2n) is 4.05. The Kier molecular flexibility index (Phi) is 4.16. The van der Waals surface area contributed by atoms with Crippen molar-refractivity contribution in [1.29, 1.82) is 0 Å². The van der Waals surface area contributed by atoms with E-state index in [9.17, 15) is 4.79 Å². The number of rotatable bonds is 5. The molecule has 0 amide bonds. The number of aryl methyl sites for hydroxylation is 1. The summed E-state index contributed by atoms with van der Waals surface area (Å²) in [5, 5.41) is 16.2. The van der Waals surface area contributed by atoms with Crippen molar-refractivity contribution in [2.24, 2.45) is 7.05 Å². The standard InChI is InChI=1S/C12H13BrN4O2/c1-17-7-8(5-16-17)2-3-14-11-10(12(18)19)4-9(13)6-15-11/h4-7H,2-3H2,1H3,(H,14,15)(H,18,19). The summed E-state index contributed by atoms with van der Waals surface area (Å²) in [7, 11) is 1.86. The lowest BCUT2D eigenvalue weighted by molar-refractivity contribution is 0.0697. The summed E-state index contributed by atoms with van der Waals surface area (Å²) in [6.07, 6.45) is 6.03. The lowest BCUT2D eigenvalue weighted by Gasteiger charge is -2.08. The lowest BCUT2D eigenvalue weighted by Crippen LogP contribution is -2.11. The topological polar surface area (TPSA) is 80.0 Å². The molecular weight excluding hydrogens is 312 g/mol. The van der Waals surface area contributed by atoms with Gasteiger partial charge in [-0.2, -0.15) is 5.10 Å². The highest BCUT2D eigenvalue weighted by Crippen LogP contribution is 2.18. The van der Waals surface area contributed by atoms with Crippen LogP contribution < -0.4 is 5.32 Å². The predicted octanol–water partition coefficient (Wildman–Crippen LogP) is 1.93. The first-order chi connectivity index (χ1) is 9.06. The Morgan fingerprint density at radius 2 is 2.32 bits per heavy atom. The largest absolute Gasteiger partial charge is 0.478 e. The molecule has 0 unspecified atom stereocenters. The molecule has 19 heavy (non-hydrogen) atoms. The molecule has 0 aliphatic rings. The normalized spacial score (nSPS) is 10.4. The summed E-state index contributed by atoms with van der Waals surface area (Å²) in [5.41, 5.74) is 1.24. The minimum Gasteiger partial charge on any atom is -0.478 e. The monoisotopic (exact) mass is 324 g/mol. The van der Waals surface area contributed by atoms with Crippen molar-refractivity contribution in [3.8, 4) is 0 Å². The zero-order valence-corrected chi connectivity index (χ0v) is 11.9. The average molecular weight is 325 g/mol. The Balaban J connectivity index is 2.01. The first-order valence-electron chi connectivity index (χ1n) is 5.66. The summed E-state index contributed by atoms with van der Waals surface area (Å²) in [6.45, 7) is 0.598. The van der Waals surface area contributed by atoms with Crippen LogP contribution >= 0.6 is 15.9 Å². The number of halogens is 1. The van der Waals surface area contributed by atoms with Gasteiger partial charge in [0.1, 0.15) is 11.4 Å². The number of aromatic carboxylic acids is 1. The molecule has 2 heterocycles. The summed E-state index contributed by atoms with van der Waals surface area (Å²) in [5.74, 6) is -0.628. The quantitative estimate of drug-likeness (QED) is 0.878. The summed E-state index contributed by atoms with van der Waals surface area (Å²) >= 11 is 3.21. The summed E-state index contributed by atoms with van der Waals surface area (Å²) in [6, 6.07) is 1.53. The van der Waals surface area contributed by atoms with E-state index in [4.69, 9.17) is 5.11 Å². The van der Waals surface area contributed by atoms with Crippen LogP contribution in [0.15, 0.2) is 29.1 Å². The van der Waals surface area contributed by atoms with Crippen LogP contribution in [-0.2, 0) is 13.5 Å². The number of hydrogen-bond acceptors (Lipinski definition) is 4. The number of aromatic nitrogens is 3. The van der Waals surface area contributed by atoms with Gasteiger partial charge < -0.3 is 10.4 Å². The first-order valence-corrected chi connectivity index (χ1v) is 6.46. The fraction of sp³-hybridized carbons (Fsp3) is 0.250. The molecule has 7 heteroatoms. The van der Waals surface area contributed by atoms with E-state index in [1.54, 1.807) is 17.1 Å². The van der Waals surface area contributed by atoms with Gasteiger partial charge in [0.15, 0.2) is 0 Å². The van der Waals surface area contributed by atoms with Gasteiger partial charge in [-0.1, -0.05) is 0 Å². The second-order valence-corrected chi connectivity index (χ2v) is 4.97. The smallest absolute Gasteiger partial charge is 0.339 e. The van der Waals surface area contributed by atoms with E-state index in [1.807, 2.05) is 13.2 Å². The highest BCUT2D eigenvalue weighted by molar-refractivity contribution is 9.10. The molecule has 0 aliphatic carbocycles. The Morgan fingerprint density at radius 3 is 2.95 bits per heavy atom. The number of carbonyl (C=O) groups is 1. The Hall–Kier alpha value is -1.89. The molecule has 2 aromatic heterocycles. The van der Waals surface area contributed by atoms with E-state index in [0.717, 1.165) is 12.0 Å². The van der Waals surface area contributed by atoms with Crippen molar-refractivity contribution in [3.63, 3.8) is 0 Å². The van der Waals surface area contributed by atoms with E-state index in [-0.39, 0.29) is 5.56 Å². The number of pyridine rings is 1. The number of anilines is 1. The van der Waals surface area contributed by atoms with E-state index in [0.29, 0.717) is 16.8 Å². The van der Waals surface area contributed by atoms with Gasteiger partial charge in [-0.3, -0.25) is 4.68 Å². The summed E-state index contributed by atoms with van der Waals surface area (Å²) in [4.78, 5) is 15.2. The van der Waals surface area contributed by atoms with Crippen molar-refractivity contribution in [2.75, 3.05) is 11.9 Å². The maximum absolute atomic E-state index is 11.1. The Labute approximate surface area is 118 Å². The number of carboxylic acid groups (broad SMARTS) is 1. The van der Waals surface area contributed by atoms with Gasteiger partial charge in [0.05, 0.1) is 6.20 Å². The van der Waals surface area contributed by atoms with Crippen molar-refractivity contribution in [2.45, 2.75) is 6.42 Å². The molecule has 0 aliphatic heterocycles. The molecule has 2 N–H and O–H groups in total. The van der Waals surface area contributed by atoms with E-state index >= 15 is 0 Å². The fourth-order valence-electron chi connectivity index (χ4n) is 1.67. The molecule has 100 valence electrons. The molecule has 0 saturated heterocycles. The Morgan fingerprint density at radius 1 is 1.53 bits per heavy atom. The van der Waals surface area contributed by atoms with Crippen LogP contribution in [0.2, 0.25) is 0 Å². The zero-order valence-electron chi connectivity index (χ0n) is 10.3. The van der Waals surface area contributed by atoms with Crippen molar-refractivity contribution in [1.82, 2.24) is 14.8 Å². The van der Waals surface area contributed by atoms with Crippen LogP contribution in [0.1, 0.15) is 15.9 Å². The third-order valence-corrected chi connectivity index (χ3v) is 2.98. The number of hydrogen-bond donors (Lipinski definition) is 2. The minimum atomic E-state index is -1.00. The maximum atomic E-state index is 11.1. The highest BCUT2D eigenvalue weighted by Gasteiger charge is 2.11. The molecule has 0 radical (unpaired) electrons. The second kappa shape index (κ2) is 5.83. The van der Waals surface area contributed by atoms with Gasteiger partial charge in [-0.25, -0.2) is 9.78 Å². The molecule has 6 nitrogen and oxygen atoms in total. The van der Waals surface area contributed by atoms with Gasteiger partial charge in [0.25, 0.3) is 0 Å². The van der Waals surface area contributed by atoms with Gasteiger partial charge in [0, 0.05) is 30.5 Å². The van der Waals surface area contributed by atoms with E-state index in [1.165, 1.54) is 6.07 Å². The Bertz CT molecular complexity index is 597. The molecule has 0 aromatic carbocycles. The van der Waals surface area contributed by atoms with Gasteiger partial charge >= 0.3 is 5.97 Å². The maximum Gasteiger partial charge on any atom is 0.339 e. The summed E-state index contributed by atoms with van der Waals surface area (Å²) < 4.78 is 2.37. The van der Waals surface area contributed by atoms with Gasteiger partial charge in [-0.15, -0.1) is 0 Å². The molecule has 0 bridgehead atoms. The van der Waals surface area contributed by atoms with E-state index in [2.05, 4.69) is 31.3 Å². The van der Waals surface area contributed by atoms with Crippen LogP contribution in [0.4, 0.5) is 5.82 Å². The van der Waals surface area contributed by atoms with Crippen LogP contribution in [-0.4, -0.2) is 32.4 Å². The van der Waals surface area contributed by atoms with Crippen molar-refractivity contribution >= 4 is 27.7 Å². The molecule has 0 atom stereocenters. The van der Waals surface area contributed by atoms with Crippen molar-refractivity contribution < 1.29 is 9.90 Å². The average Bonchev–Trinajstić information content (AvgIpc) is 2.77. The lowest BCUT2D eigenvalue weighted by atomic mass is 10.2. The number of nitrogens with one attached hydrogen (secondary N) is 1. The third-order valence-electron chi connectivity index (χ3n) is 2.55.